The van der Waals surface area contributed by atoms with Gasteiger partial charge in [0.05, 0.1) is 12.2 Å². The lowest BCUT2D eigenvalue weighted by molar-refractivity contribution is -0.145. The van der Waals surface area contributed by atoms with Crippen LogP contribution in [-0.2, 0) is 14.4 Å². The van der Waals surface area contributed by atoms with Gasteiger partial charge in [0.15, 0.2) is 5.78 Å². The van der Waals surface area contributed by atoms with Crippen LogP contribution in [0.25, 0.3) is 10.9 Å². The van der Waals surface area contributed by atoms with Gasteiger partial charge in [-0.3, -0.25) is 24.6 Å². The normalized spacial score (nSPS) is 13.1. The number of hydrogen-bond donors (Lipinski definition) is 3. The van der Waals surface area contributed by atoms with Crippen LogP contribution >= 0.6 is 23.2 Å². The molecule has 0 aliphatic carbocycles. The number of fused-ring (bicyclic) bond motifs is 1. The fourth-order valence-electron chi connectivity index (χ4n) is 3.24. The SMILES string of the molecule is CC(C)C[C@H](CC(=O)c1cc2c(Cl)cccc2[nH]1)C(=O)NN(CCC(N)=O)C(=O)[C@@H](F)Cl. The lowest BCUT2D eigenvalue weighted by Crippen LogP contribution is -2.51. The number of alkyl halides is 2. The number of benzene rings is 1. The Labute approximate surface area is 194 Å². The molecule has 1 aromatic carbocycles. The van der Waals surface area contributed by atoms with Crippen LogP contribution in [0.2, 0.25) is 5.02 Å². The third-order valence-electron chi connectivity index (χ3n) is 4.75. The average molecular weight is 487 g/mol. The van der Waals surface area contributed by atoms with Gasteiger partial charge in [0.2, 0.25) is 11.8 Å². The molecule has 0 radical (unpaired) electrons. The third-order valence-corrected chi connectivity index (χ3v) is 5.27. The molecule has 0 saturated heterocycles. The summed E-state index contributed by atoms with van der Waals surface area (Å²) in [6, 6.07) is 6.84. The predicted octanol–water partition coefficient (Wildman–Crippen LogP) is 3.33. The Bertz CT molecular complexity index is 1010. The summed E-state index contributed by atoms with van der Waals surface area (Å²) < 4.78 is 13.3. The molecule has 11 heteroatoms. The number of primary amides is 1. The number of carbonyl (C=O) groups is 4. The molecule has 32 heavy (non-hydrogen) atoms. The van der Waals surface area contributed by atoms with Gasteiger partial charge in [-0.05, 0) is 30.5 Å². The molecule has 0 saturated carbocycles. The van der Waals surface area contributed by atoms with E-state index in [0.717, 1.165) is 0 Å². The van der Waals surface area contributed by atoms with E-state index in [9.17, 15) is 23.6 Å². The van der Waals surface area contributed by atoms with Crippen molar-refractivity contribution in [3.63, 3.8) is 0 Å². The minimum absolute atomic E-state index is 0.0485. The minimum atomic E-state index is -2.41. The van der Waals surface area contributed by atoms with Crippen molar-refractivity contribution in [1.29, 1.82) is 0 Å². The van der Waals surface area contributed by atoms with E-state index in [2.05, 4.69) is 10.4 Å². The summed E-state index contributed by atoms with van der Waals surface area (Å²) in [6.07, 6.45) is -0.137. The van der Waals surface area contributed by atoms with E-state index in [0.29, 0.717) is 33.0 Å². The van der Waals surface area contributed by atoms with Crippen molar-refractivity contribution < 1.29 is 23.6 Å². The number of H-pyrrole nitrogens is 1. The predicted molar refractivity (Wildman–Crippen MR) is 120 cm³/mol. The van der Waals surface area contributed by atoms with Gasteiger partial charge in [0, 0.05) is 34.7 Å². The molecule has 0 fully saturated rings. The highest BCUT2D eigenvalue weighted by molar-refractivity contribution is 6.35. The summed E-state index contributed by atoms with van der Waals surface area (Å²) >= 11 is 11.4. The first-order valence-electron chi connectivity index (χ1n) is 9.98. The Morgan fingerprint density at radius 3 is 2.50 bits per heavy atom. The lowest BCUT2D eigenvalue weighted by atomic mass is 9.91. The number of amides is 3. The van der Waals surface area contributed by atoms with Crippen molar-refractivity contribution in [3.8, 4) is 0 Å². The number of nitrogens with one attached hydrogen (secondary N) is 2. The molecule has 0 aliphatic heterocycles. The van der Waals surface area contributed by atoms with Crippen LogP contribution in [-0.4, -0.2) is 45.7 Å². The number of hydrogen-bond acceptors (Lipinski definition) is 4. The second-order valence-electron chi connectivity index (χ2n) is 7.82. The van der Waals surface area contributed by atoms with Crippen LogP contribution < -0.4 is 11.2 Å². The van der Waals surface area contributed by atoms with E-state index in [4.69, 9.17) is 28.9 Å². The highest BCUT2D eigenvalue weighted by Gasteiger charge is 2.29. The summed E-state index contributed by atoms with van der Waals surface area (Å²) in [5.41, 5.74) is 5.92. The molecule has 0 bridgehead atoms. The lowest BCUT2D eigenvalue weighted by Gasteiger charge is -2.26. The molecular formula is C21H25Cl2FN4O4. The monoisotopic (exact) mass is 486 g/mol. The smallest absolute Gasteiger partial charge is 0.291 e. The first kappa shape index (κ1) is 25.6. The van der Waals surface area contributed by atoms with Gasteiger partial charge < -0.3 is 10.7 Å². The number of aromatic amines is 1. The summed E-state index contributed by atoms with van der Waals surface area (Å²) in [7, 11) is 0. The van der Waals surface area contributed by atoms with Gasteiger partial charge in [0.1, 0.15) is 0 Å². The zero-order valence-corrected chi connectivity index (χ0v) is 19.2. The molecule has 8 nitrogen and oxygen atoms in total. The van der Waals surface area contributed by atoms with Gasteiger partial charge in [0.25, 0.3) is 11.5 Å². The number of nitrogens with two attached hydrogens (primary N) is 1. The largest absolute Gasteiger partial charge is 0.370 e. The maximum Gasteiger partial charge on any atom is 0.291 e. The fourth-order valence-corrected chi connectivity index (χ4v) is 3.59. The first-order valence-corrected chi connectivity index (χ1v) is 10.8. The molecular weight excluding hydrogens is 462 g/mol. The summed E-state index contributed by atoms with van der Waals surface area (Å²) in [4.78, 5) is 51.8. The van der Waals surface area contributed by atoms with Crippen LogP contribution in [0.15, 0.2) is 24.3 Å². The fraction of sp³-hybridized carbons (Fsp3) is 0.429. The number of hydrazine groups is 1. The number of carbonyl (C=O) groups excluding carboxylic acids is 4. The van der Waals surface area contributed by atoms with Crippen LogP contribution in [0.3, 0.4) is 0 Å². The van der Waals surface area contributed by atoms with Gasteiger partial charge >= 0.3 is 0 Å². The van der Waals surface area contributed by atoms with Crippen molar-refractivity contribution in [2.75, 3.05) is 6.54 Å². The number of Topliss-reactive ketones (excluding diaryl/α,β-unsaturated/α-hetero) is 1. The number of ketones is 1. The Kier molecular flexibility index (Phi) is 9.03. The molecule has 3 amide bonds. The quantitative estimate of drug-likeness (QED) is 0.270. The zero-order valence-electron chi connectivity index (χ0n) is 17.7. The summed E-state index contributed by atoms with van der Waals surface area (Å²) in [5.74, 6) is -3.74. The van der Waals surface area contributed by atoms with E-state index in [1.54, 1.807) is 24.3 Å². The Hall–Kier alpha value is -2.65. The zero-order chi connectivity index (χ0) is 24.0. The second kappa shape index (κ2) is 11.3. The molecule has 4 N–H and O–H groups in total. The molecule has 1 aromatic heterocycles. The standard InChI is InChI=1S/C21H25Cl2FN4O4/c1-11(2)8-12(20(31)27-28(7-6-18(25)30)21(32)19(23)24)9-17(29)16-10-13-14(22)4-3-5-15(13)26-16/h3-5,10-12,19,26H,6-9H2,1-2H3,(H2,25,30)(H,27,31)/t12-,19-/m1/s1. The first-order chi connectivity index (χ1) is 15.0. The van der Waals surface area contributed by atoms with Gasteiger partial charge in [-0.15, -0.1) is 0 Å². The minimum Gasteiger partial charge on any atom is -0.370 e. The molecule has 1 heterocycles. The van der Waals surface area contributed by atoms with E-state index in [1.807, 2.05) is 13.8 Å². The molecule has 0 spiro atoms. The molecule has 0 aliphatic rings. The molecule has 0 unspecified atom stereocenters. The van der Waals surface area contributed by atoms with Gasteiger partial charge in [-0.1, -0.05) is 43.1 Å². The number of aromatic nitrogens is 1. The molecule has 2 atom stereocenters. The Balaban J connectivity index is 2.19. The maximum absolute atomic E-state index is 13.3. The molecule has 2 rings (SSSR count). The maximum atomic E-state index is 13.3. The Morgan fingerprint density at radius 1 is 1.25 bits per heavy atom. The van der Waals surface area contributed by atoms with E-state index >= 15 is 0 Å². The van der Waals surface area contributed by atoms with Gasteiger partial charge in [-0.25, -0.2) is 9.40 Å². The number of rotatable bonds is 10. The summed E-state index contributed by atoms with van der Waals surface area (Å²) in [5, 5.41) is 1.78. The topological polar surface area (TPSA) is 125 Å². The van der Waals surface area contributed by atoms with Crippen molar-refractivity contribution in [2.45, 2.75) is 38.7 Å². The van der Waals surface area contributed by atoms with Crippen molar-refractivity contribution in [1.82, 2.24) is 15.4 Å². The highest BCUT2D eigenvalue weighted by atomic mass is 35.5. The van der Waals surface area contributed by atoms with Crippen molar-refractivity contribution in [2.24, 2.45) is 17.6 Å². The van der Waals surface area contributed by atoms with Crippen molar-refractivity contribution >= 4 is 57.6 Å². The number of halogens is 3. The van der Waals surface area contributed by atoms with E-state index in [-0.39, 0.29) is 31.1 Å². The van der Waals surface area contributed by atoms with Crippen LogP contribution in [0, 0.1) is 11.8 Å². The highest BCUT2D eigenvalue weighted by Crippen LogP contribution is 2.26. The summed E-state index contributed by atoms with van der Waals surface area (Å²) in [6.45, 7) is 3.40. The van der Waals surface area contributed by atoms with Crippen LogP contribution in [0.4, 0.5) is 4.39 Å². The van der Waals surface area contributed by atoms with Crippen molar-refractivity contribution in [3.05, 3.63) is 35.0 Å². The number of nitrogens with zero attached hydrogens (tertiary/aromatic N) is 1. The molecule has 2 aromatic rings. The second-order valence-corrected chi connectivity index (χ2v) is 8.61. The van der Waals surface area contributed by atoms with E-state index in [1.165, 1.54) is 0 Å². The van der Waals surface area contributed by atoms with E-state index < -0.39 is 29.3 Å². The Morgan fingerprint density at radius 2 is 1.94 bits per heavy atom. The van der Waals surface area contributed by atoms with Crippen LogP contribution in [0.5, 0.6) is 0 Å². The van der Waals surface area contributed by atoms with Crippen LogP contribution in [0.1, 0.15) is 43.6 Å². The van der Waals surface area contributed by atoms with Gasteiger partial charge in [-0.2, -0.15) is 0 Å². The molecule has 174 valence electrons. The average Bonchev–Trinajstić information content (AvgIpc) is 3.15. The third kappa shape index (κ3) is 6.93.